The molecular formula is C15H27N3O2. The standard InChI is InChI=1S/C15H27N3O2/c16-11-15(8-4-1-2-5-9-15)14(20)18-10-6-3-7-12(18)13(17)19/h12H,1-11,16H2,(H2,17,19). The minimum atomic E-state index is -0.457. The second-order valence-electron chi connectivity index (χ2n) is 6.31. The molecule has 2 rings (SSSR count). The fourth-order valence-electron chi connectivity index (χ4n) is 3.69. The zero-order valence-electron chi connectivity index (χ0n) is 12.3. The molecule has 1 atom stereocenters. The minimum absolute atomic E-state index is 0.0744. The maximum atomic E-state index is 13.0. The van der Waals surface area contributed by atoms with Crippen LogP contribution in [0.1, 0.15) is 57.8 Å². The molecule has 1 aliphatic heterocycles. The Morgan fingerprint density at radius 1 is 1.05 bits per heavy atom. The molecule has 5 nitrogen and oxygen atoms in total. The van der Waals surface area contributed by atoms with Gasteiger partial charge in [-0.3, -0.25) is 9.59 Å². The van der Waals surface area contributed by atoms with Crippen molar-refractivity contribution in [2.75, 3.05) is 13.1 Å². The van der Waals surface area contributed by atoms with E-state index in [4.69, 9.17) is 11.5 Å². The van der Waals surface area contributed by atoms with E-state index in [-0.39, 0.29) is 11.8 Å². The fourth-order valence-corrected chi connectivity index (χ4v) is 3.69. The average molecular weight is 281 g/mol. The molecule has 2 fully saturated rings. The highest BCUT2D eigenvalue weighted by molar-refractivity contribution is 5.89. The Bertz CT molecular complexity index is 362. The molecule has 1 heterocycles. The molecule has 0 aromatic rings. The summed E-state index contributed by atoms with van der Waals surface area (Å²) in [7, 11) is 0. The molecule has 0 spiro atoms. The third-order valence-electron chi connectivity index (χ3n) is 5.00. The van der Waals surface area contributed by atoms with Gasteiger partial charge in [-0.05, 0) is 32.1 Å². The molecule has 20 heavy (non-hydrogen) atoms. The Morgan fingerprint density at radius 3 is 2.25 bits per heavy atom. The summed E-state index contributed by atoms with van der Waals surface area (Å²) in [5, 5.41) is 0. The summed E-state index contributed by atoms with van der Waals surface area (Å²) in [6, 6.07) is -0.428. The van der Waals surface area contributed by atoms with E-state index in [0.717, 1.165) is 38.5 Å². The molecule has 0 aromatic heterocycles. The maximum Gasteiger partial charge on any atom is 0.240 e. The molecule has 1 saturated carbocycles. The number of piperidine rings is 1. The van der Waals surface area contributed by atoms with Crippen molar-refractivity contribution in [2.45, 2.75) is 63.8 Å². The van der Waals surface area contributed by atoms with Crippen molar-refractivity contribution in [1.29, 1.82) is 0 Å². The summed E-state index contributed by atoms with van der Waals surface area (Å²) in [5.74, 6) is -0.302. The summed E-state index contributed by atoms with van der Waals surface area (Å²) in [5.41, 5.74) is 11.0. The van der Waals surface area contributed by atoms with Gasteiger partial charge in [-0.2, -0.15) is 0 Å². The van der Waals surface area contributed by atoms with Crippen LogP contribution in [0, 0.1) is 5.41 Å². The van der Waals surface area contributed by atoms with Crippen molar-refractivity contribution >= 4 is 11.8 Å². The van der Waals surface area contributed by atoms with Gasteiger partial charge in [-0.25, -0.2) is 0 Å². The fraction of sp³-hybridized carbons (Fsp3) is 0.867. The molecule has 1 unspecified atom stereocenters. The van der Waals surface area contributed by atoms with E-state index < -0.39 is 11.5 Å². The lowest BCUT2D eigenvalue weighted by Crippen LogP contribution is -2.56. The number of hydrogen-bond acceptors (Lipinski definition) is 3. The first-order valence-electron chi connectivity index (χ1n) is 7.91. The topological polar surface area (TPSA) is 89.4 Å². The molecule has 1 aliphatic carbocycles. The normalized spacial score (nSPS) is 26.9. The van der Waals surface area contributed by atoms with Gasteiger partial charge in [-0.15, -0.1) is 0 Å². The summed E-state index contributed by atoms with van der Waals surface area (Å²) < 4.78 is 0. The summed E-state index contributed by atoms with van der Waals surface area (Å²) in [6.45, 7) is 1.03. The molecule has 0 aromatic carbocycles. The molecule has 4 N–H and O–H groups in total. The first-order chi connectivity index (χ1) is 9.60. The molecule has 5 heteroatoms. The van der Waals surface area contributed by atoms with E-state index in [0.29, 0.717) is 19.5 Å². The number of nitrogens with zero attached hydrogens (tertiary/aromatic N) is 1. The molecular weight excluding hydrogens is 254 g/mol. The Labute approximate surface area is 121 Å². The van der Waals surface area contributed by atoms with E-state index in [1.807, 2.05) is 0 Å². The van der Waals surface area contributed by atoms with Gasteiger partial charge in [0.05, 0.1) is 5.41 Å². The van der Waals surface area contributed by atoms with Gasteiger partial charge >= 0.3 is 0 Å². The van der Waals surface area contributed by atoms with Crippen molar-refractivity contribution in [3.8, 4) is 0 Å². The monoisotopic (exact) mass is 281 g/mol. The third kappa shape index (κ3) is 2.97. The molecule has 2 aliphatic rings. The van der Waals surface area contributed by atoms with Crippen molar-refractivity contribution in [2.24, 2.45) is 16.9 Å². The zero-order chi connectivity index (χ0) is 14.6. The van der Waals surface area contributed by atoms with Gasteiger partial charge in [0.25, 0.3) is 0 Å². The predicted octanol–water partition coefficient (Wildman–Crippen LogP) is 1.15. The first-order valence-corrected chi connectivity index (χ1v) is 7.91. The zero-order valence-corrected chi connectivity index (χ0v) is 12.3. The number of amides is 2. The first kappa shape index (κ1) is 15.3. The number of carbonyl (C=O) groups is 2. The number of hydrogen-bond donors (Lipinski definition) is 2. The number of likely N-dealkylation sites (tertiary alicyclic amines) is 1. The highest BCUT2D eigenvalue weighted by atomic mass is 16.2. The van der Waals surface area contributed by atoms with Crippen LogP contribution in [-0.2, 0) is 9.59 Å². The van der Waals surface area contributed by atoms with Crippen molar-refractivity contribution in [3.05, 3.63) is 0 Å². The third-order valence-corrected chi connectivity index (χ3v) is 5.00. The van der Waals surface area contributed by atoms with E-state index in [9.17, 15) is 9.59 Å². The van der Waals surface area contributed by atoms with E-state index >= 15 is 0 Å². The van der Waals surface area contributed by atoms with Crippen LogP contribution in [0.4, 0.5) is 0 Å². The highest BCUT2D eigenvalue weighted by Gasteiger charge is 2.43. The Hall–Kier alpha value is -1.10. The summed E-state index contributed by atoms with van der Waals surface area (Å²) in [4.78, 5) is 26.3. The number of primary amides is 1. The van der Waals surface area contributed by atoms with Crippen LogP contribution in [0.5, 0.6) is 0 Å². The van der Waals surface area contributed by atoms with Crippen LogP contribution in [0.2, 0.25) is 0 Å². The second kappa shape index (κ2) is 6.57. The van der Waals surface area contributed by atoms with Gasteiger partial charge < -0.3 is 16.4 Å². The van der Waals surface area contributed by atoms with Gasteiger partial charge in [0.1, 0.15) is 6.04 Å². The molecule has 1 saturated heterocycles. The van der Waals surface area contributed by atoms with Gasteiger partial charge in [0.2, 0.25) is 11.8 Å². The van der Waals surface area contributed by atoms with Gasteiger partial charge in [-0.1, -0.05) is 25.7 Å². The van der Waals surface area contributed by atoms with Crippen LogP contribution in [-0.4, -0.2) is 35.8 Å². The lowest BCUT2D eigenvalue weighted by molar-refractivity contribution is -0.150. The van der Waals surface area contributed by atoms with Gasteiger partial charge in [0, 0.05) is 13.1 Å². The van der Waals surface area contributed by atoms with E-state index in [2.05, 4.69) is 0 Å². The van der Waals surface area contributed by atoms with Crippen LogP contribution < -0.4 is 11.5 Å². The summed E-state index contributed by atoms with van der Waals surface area (Å²) >= 11 is 0. The van der Waals surface area contributed by atoms with Crippen molar-refractivity contribution < 1.29 is 9.59 Å². The van der Waals surface area contributed by atoms with Crippen LogP contribution in [0.25, 0.3) is 0 Å². The largest absolute Gasteiger partial charge is 0.368 e. The lowest BCUT2D eigenvalue weighted by atomic mass is 9.78. The minimum Gasteiger partial charge on any atom is -0.368 e. The maximum absolute atomic E-state index is 13.0. The second-order valence-corrected chi connectivity index (χ2v) is 6.31. The Morgan fingerprint density at radius 2 is 1.70 bits per heavy atom. The Balaban J connectivity index is 2.19. The van der Waals surface area contributed by atoms with E-state index in [1.165, 1.54) is 12.8 Å². The summed E-state index contributed by atoms with van der Waals surface area (Å²) in [6.07, 6.45) is 8.78. The van der Waals surface area contributed by atoms with Crippen molar-refractivity contribution in [3.63, 3.8) is 0 Å². The smallest absolute Gasteiger partial charge is 0.240 e. The molecule has 114 valence electrons. The van der Waals surface area contributed by atoms with Crippen LogP contribution in [0.3, 0.4) is 0 Å². The van der Waals surface area contributed by atoms with Crippen LogP contribution in [0.15, 0.2) is 0 Å². The number of carbonyl (C=O) groups excluding carboxylic acids is 2. The van der Waals surface area contributed by atoms with Crippen molar-refractivity contribution in [1.82, 2.24) is 4.90 Å². The van der Waals surface area contributed by atoms with Crippen LogP contribution >= 0.6 is 0 Å². The molecule has 0 radical (unpaired) electrons. The lowest BCUT2D eigenvalue weighted by Gasteiger charge is -2.41. The Kier molecular flexibility index (Phi) is 5.02. The number of nitrogens with two attached hydrogens (primary N) is 2. The predicted molar refractivity (Wildman–Crippen MR) is 77.7 cm³/mol. The highest BCUT2D eigenvalue weighted by Crippen LogP contribution is 2.37. The van der Waals surface area contributed by atoms with Gasteiger partial charge in [0.15, 0.2) is 0 Å². The SMILES string of the molecule is NCC1(C(=O)N2CCCCC2C(N)=O)CCCCCC1. The quantitative estimate of drug-likeness (QED) is 0.760. The number of rotatable bonds is 3. The molecule has 2 amide bonds. The molecule has 0 bridgehead atoms. The average Bonchev–Trinajstić information content (AvgIpc) is 2.72. The van der Waals surface area contributed by atoms with E-state index in [1.54, 1.807) is 4.90 Å².